The standard InChI is InChI=1S/C13H16F4N2O2/c1-7(8-4-5-10(21-3)9(14)6-8)19-11(20)12(2,18)13(15,16)17/h4-7H,18H2,1-3H3,(H,19,20). The van der Waals surface area contributed by atoms with Crippen molar-refractivity contribution >= 4 is 5.91 Å². The molecule has 0 saturated heterocycles. The average Bonchev–Trinajstić information content (AvgIpc) is 2.36. The molecule has 1 aromatic carbocycles. The molecule has 1 rings (SSSR count). The van der Waals surface area contributed by atoms with Gasteiger partial charge in [0.1, 0.15) is 0 Å². The molecule has 118 valence electrons. The number of ether oxygens (including phenoxy) is 1. The summed E-state index contributed by atoms with van der Waals surface area (Å²) in [6.07, 6.45) is -4.89. The highest BCUT2D eigenvalue weighted by atomic mass is 19.4. The predicted molar refractivity (Wildman–Crippen MR) is 68.2 cm³/mol. The Labute approximate surface area is 119 Å². The fourth-order valence-electron chi connectivity index (χ4n) is 1.51. The number of carbonyl (C=O) groups excluding carboxylic acids is 1. The van der Waals surface area contributed by atoms with Crippen molar-refractivity contribution in [3.63, 3.8) is 0 Å². The third-order valence-electron chi connectivity index (χ3n) is 3.08. The molecule has 2 atom stereocenters. The molecule has 0 saturated carbocycles. The van der Waals surface area contributed by atoms with Crippen molar-refractivity contribution in [2.24, 2.45) is 5.73 Å². The first kappa shape index (κ1) is 17.2. The predicted octanol–water partition coefficient (Wildman–Crippen LogP) is 2.29. The number of halogens is 4. The molecule has 0 aliphatic rings. The van der Waals surface area contributed by atoms with E-state index in [0.29, 0.717) is 12.5 Å². The van der Waals surface area contributed by atoms with Crippen molar-refractivity contribution in [2.45, 2.75) is 31.6 Å². The quantitative estimate of drug-likeness (QED) is 0.839. The normalized spacial score (nSPS) is 16.0. The van der Waals surface area contributed by atoms with Crippen molar-refractivity contribution in [1.29, 1.82) is 0 Å². The van der Waals surface area contributed by atoms with Crippen LogP contribution in [0, 0.1) is 5.82 Å². The van der Waals surface area contributed by atoms with Crippen LogP contribution in [0.25, 0.3) is 0 Å². The van der Waals surface area contributed by atoms with E-state index in [1.807, 2.05) is 0 Å². The highest BCUT2D eigenvalue weighted by molar-refractivity contribution is 5.86. The summed E-state index contributed by atoms with van der Waals surface area (Å²) in [5.74, 6) is -2.07. The molecule has 21 heavy (non-hydrogen) atoms. The number of alkyl halides is 3. The van der Waals surface area contributed by atoms with Crippen molar-refractivity contribution in [3.05, 3.63) is 29.6 Å². The molecule has 0 bridgehead atoms. The summed E-state index contributed by atoms with van der Waals surface area (Å²) in [6, 6.07) is 2.99. The first-order valence-corrected chi connectivity index (χ1v) is 6.00. The van der Waals surface area contributed by atoms with E-state index in [9.17, 15) is 22.4 Å². The lowest BCUT2D eigenvalue weighted by Crippen LogP contribution is -2.61. The minimum atomic E-state index is -4.89. The Morgan fingerprint density at radius 2 is 1.95 bits per heavy atom. The summed E-state index contributed by atoms with van der Waals surface area (Å²) in [4.78, 5) is 11.6. The van der Waals surface area contributed by atoms with Gasteiger partial charge in [-0.15, -0.1) is 0 Å². The van der Waals surface area contributed by atoms with Gasteiger partial charge >= 0.3 is 6.18 Å². The fraction of sp³-hybridized carbons (Fsp3) is 0.462. The van der Waals surface area contributed by atoms with Gasteiger partial charge in [0.2, 0.25) is 5.91 Å². The Bertz CT molecular complexity index is 529. The summed E-state index contributed by atoms with van der Waals surface area (Å²) in [5.41, 5.74) is 2.28. The fourth-order valence-corrected chi connectivity index (χ4v) is 1.51. The van der Waals surface area contributed by atoms with Crippen LogP contribution in [-0.4, -0.2) is 24.7 Å². The SMILES string of the molecule is COc1ccc(C(C)NC(=O)C(C)(N)C(F)(F)F)cc1F. The van der Waals surface area contributed by atoms with E-state index in [0.717, 1.165) is 6.07 Å². The minimum absolute atomic E-state index is 0.00349. The second-order valence-electron chi connectivity index (χ2n) is 4.79. The van der Waals surface area contributed by atoms with Crippen molar-refractivity contribution in [3.8, 4) is 5.75 Å². The van der Waals surface area contributed by atoms with Gasteiger partial charge in [0.25, 0.3) is 0 Å². The lowest BCUT2D eigenvalue weighted by atomic mass is 10.0. The average molecular weight is 308 g/mol. The first-order chi connectivity index (χ1) is 9.50. The first-order valence-electron chi connectivity index (χ1n) is 6.00. The Hall–Kier alpha value is -1.83. The molecule has 0 aliphatic carbocycles. The molecule has 2 unspecified atom stereocenters. The van der Waals surface area contributed by atoms with E-state index in [1.165, 1.54) is 26.2 Å². The van der Waals surface area contributed by atoms with Gasteiger partial charge in [-0.2, -0.15) is 13.2 Å². The summed E-state index contributed by atoms with van der Waals surface area (Å²) in [7, 11) is 1.28. The van der Waals surface area contributed by atoms with Gasteiger partial charge in [0, 0.05) is 0 Å². The number of nitrogens with two attached hydrogens (primary N) is 1. The number of amides is 1. The van der Waals surface area contributed by atoms with Crippen LogP contribution in [0.1, 0.15) is 25.5 Å². The van der Waals surface area contributed by atoms with Crippen LogP contribution in [-0.2, 0) is 4.79 Å². The molecule has 8 heteroatoms. The van der Waals surface area contributed by atoms with Crippen molar-refractivity contribution in [1.82, 2.24) is 5.32 Å². The second-order valence-corrected chi connectivity index (χ2v) is 4.79. The van der Waals surface area contributed by atoms with Crippen LogP contribution in [0.15, 0.2) is 18.2 Å². The molecule has 0 radical (unpaired) electrons. The number of hydrogen-bond donors (Lipinski definition) is 2. The molecule has 3 N–H and O–H groups in total. The molecule has 0 aliphatic heterocycles. The van der Waals surface area contributed by atoms with Gasteiger partial charge in [-0.3, -0.25) is 4.79 Å². The van der Waals surface area contributed by atoms with E-state index >= 15 is 0 Å². The maximum absolute atomic E-state index is 13.5. The highest BCUT2D eigenvalue weighted by Gasteiger charge is 2.54. The van der Waals surface area contributed by atoms with Gasteiger partial charge in [-0.1, -0.05) is 6.07 Å². The Morgan fingerprint density at radius 3 is 2.38 bits per heavy atom. The lowest BCUT2D eigenvalue weighted by Gasteiger charge is -2.28. The zero-order valence-electron chi connectivity index (χ0n) is 11.7. The Kier molecular flexibility index (Phi) is 4.83. The van der Waals surface area contributed by atoms with Crippen LogP contribution in [0.5, 0.6) is 5.75 Å². The van der Waals surface area contributed by atoms with Gasteiger partial charge in [0.05, 0.1) is 13.2 Å². The molecular weight excluding hydrogens is 292 g/mol. The van der Waals surface area contributed by atoms with E-state index < -0.39 is 29.5 Å². The summed E-state index contributed by atoms with van der Waals surface area (Å²) < 4.78 is 56.2. The lowest BCUT2D eigenvalue weighted by molar-refractivity contribution is -0.187. The molecular formula is C13H16F4N2O2. The molecule has 0 aromatic heterocycles. The highest BCUT2D eigenvalue weighted by Crippen LogP contribution is 2.29. The number of benzene rings is 1. The summed E-state index contributed by atoms with van der Waals surface area (Å²) in [5, 5.41) is 2.12. The van der Waals surface area contributed by atoms with Crippen LogP contribution in [0.2, 0.25) is 0 Å². The monoisotopic (exact) mass is 308 g/mol. The van der Waals surface area contributed by atoms with Gasteiger partial charge in [-0.25, -0.2) is 4.39 Å². The van der Waals surface area contributed by atoms with Crippen LogP contribution < -0.4 is 15.8 Å². The maximum atomic E-state index is 13.5. The van der Waals surface area contributed by atoms with Crippen molar-refractivity contribution < 1.29 is 27.1 Å². The van der Waals surface area contributed by atoms with Gasteiger partial charge in [-0.05, 0) is 31.5 Å². The zero-order chi connectivity index (χ0) is 16.4. The van der Waals surface area contributed by atoms with E-state index in [1.54, 1.807) is 0 Å². The Balaban J connectivity index is 2.89. The molecule has 0 fully saturated rings. The largest absolute Gasteiger partial charge is 0.494 e. The number of rotatable bonds is 4. The smallest absolute Gasteiger partial charge is 0.415 e. The van der Waals surface area contributed by atoms with Crippen LogP contribution in [0.4, 0.5) is 17.6 Å². The van der Waals surface area contributed by atoms with Crippen LogP contribution >= 0.6 is 0 Å². The maximum Gasteiger partial charge on any atom is 0.415 e. The van der Waals surface area contributed by atoms with Crippen LogP contribution in [0.3, 0.4) is 0 Å². The van der Waals surface area contributed by atoms with E-state index in [4.69, 9.17) is 10.5 Å². The zero-order valence-corrected chi connectivity index (χ0v) is 11.7. The molecule has 1 aromatic rings. The third kappa shape index (κ3) is 3.63. The second kappa shape index (κ2) is 5.88. The van der Waals surface area contributed by atoms with Gasteiger partial charge < -0.3 is 15.8 Å². The number of hydrogen-bond acceptors (Lipinski definition) is 3. The molecule has 1 amide bonds. The summed E-state index contributed by atoms with van der Waals surface area (Å²) in [6.45, 7) is 2.00. The van der Waals surface area contributed by atoms with Crippen molar-refractivity contribution in [2.75, 3.05) is 7.11 Å². The van der Waals surface area contributed by atoms with E-state index in [2.05, 4.69) is 5.32 Å². The number of nitrogens with one attached hydrogen (secondary N) is 1. The number of carbonyl (C=O) groups is 1. The molecule has 0 spiro atoms. The summed E-state index contributed by atoms with van der Waals surface area (Å²) >= 11 is 0. The Morgan fingerprint density at radius 1 is 1.38 bits per heavy atom. The minimum Gasteiger partial charge on any atom is -0.494 e. The third-order valence-corrected chi connectivity index (χ3v) is 3.08. The van der Waals surface area contributed by atoms with Gasteiger partial charge in [0.15, 0.2) is 17.1 Å². The topological polar surface area (TPSA) is 64.3 Å². The molecule has 0 heterocycles. The molecule has 4 nitrogen and oxygen atoms in total. The van der Waals surface area contributed by atoms with E-state index in [-0.39, 0.29) is 5.75 Å². The number of methoxy groups -OCH3 is 1.